The third-order valence-corrected chi connectivity index (χ3v) is 4.38. The van der Waals surface area contributed by atoms with Gasteiger partial charge in [0.25, 0.3) is 5.91 Å². The number of aromatic nitrogens is 2. The Labute approximate surface area is 167 Å². The summed E-state index contributed by atoms with van der Waals surface area (Å²) in [5, 5.41) is 6.39. The van der Waals surface area contributed by atoms with Crippen LogP contribution in [0.15, 0.2) is 79.1 Å². The molecule has 2 aromatic carbocycles. The van der Waals surface area contributed by atoms with Gasteiger partial charge >= 0.3 is 0 Å². The van der Waals surface area contributed by atoms with Crippen LogP contribution in [-0.2, 0) is 4.79 Å². The minimum Gasteiger partial charge on any atom is -0.326 e. The quantitative estimate of drug-likeness (QED) is 0.544. The molecule has 0 aliphatic heterocycles. The van der Waals surface area contributed by atoms with Crippen LogP contribution in [0.2, 0.25) is 0 Å². The Hall–Kier alpha value is -4.06. The fourth-order valence-electron chi connectivity index (χ4n) is 3.06. The molecule has 6 heteroatoms. The van der Waals surface area contributed by atoms with Crippen molar-refractivity contribution in [3.63, 3.8) is 0 Å². The molecule has 6 nitrogen and oxygen atoms in total. The molecule has 29 heavy (non-hydrogen) atoms. The van der Waals surface area contributed by atoms with Crippen LogP contribution >= 0.6 is 0 Å². The topological polar surface area (TPSA) is 84.0 Å². The number of carbonyl (C=O) groups is 2. The van der Waals surface area contributed by atoms with Gasteiger partial charge in [-0.15, -0.1) is 0 Å². The van der Waals surface area contributed by atoms with Gasteiger partial charge in [0.05, 0.1) is 16.8 Å². The fraction of sp³-hybridized carbons (Fsp3) is 0.0435. The van der Waals surface area contributed by atoms with Crippen LogP contribution < -0.4 is 10.6 Å². The van der Waals surface area contributed by atoms with Crippen LogP contribution in [0.25, 0.3) is 22.2 Å². The normalized spacial score (nSPS) is 10.5. The second kappa shape index (κ2) is 7.90. The SMILES string of the molecule is CC(=O)Nc1ccc(NC(=O)c2cc(-c3cccnc3)nc3ccccc23)cc1. The standard InChI is InChI=1S/C23H18N4O2/c1-15(28)25-17-8-10-18(11-9-17)26-23(29)20-13-22(16-5-4-12-24-14-16)27-21-7-3-2-6-19(20)21/h2-14H,1H3,(H,25,28)(H,26,29). The minimum atomic E-state index is -0.235. The van der Waals surface area contributed by atoms with Crippen molar-refractivity contribution >= 4 is 34.1 Å². The molecule has 0 aliphatic carbocycles. The largest absolute Gasteiger partial charge is 0.326 e. The lowest BCUT2D eigenvalue weighted by Crippen LogP contribution is -2.13. The van der Waals surface area contributed by atoms with Crippen molar-refractivity contribution in [3.05, 3.63) is 84.7 Å². The molecule has 2 amide bonds. The number of hydrogen-bond acceptors (Lipinski definition) is 4. The highest BCUT2D eigenvalue weighted by atomic mass is 16.2. The number of amides is 2. The summed E-state index contributed by atoms with van der Waals surface area (Å²) in [5.74, 6) is -0.381. The van der Waals surface area contributed by atoms with Crippen LogP contribution in [0.1, 0.15) is 17.3 Å². The predicted molar refractivity (Wildman–Crippen MR) is 114 cm³/mol. The van der Waals surface area contributed by atoms with E-state index in [-0.39, 0.29) is 11.8 Å². The molecule has 0 bridgehead atoms. The monoisotopic (exact) mass is 382 g/mol. The molecular weight excluding hydrogens is 364 g/mol. The highest BCUT2D eigenvalue weighted by molar-refractivity contribution is 6.13. The van der Waals surface area contributed by atoms with E-state index in [1.54, 1.807) is 42.7 Å². The summed E-state index contributed by atoms with van der Waals surface area (Å²) in [6, 6.07) is 20.0. The first-order valence-electron chi connectivity index (χ1n) is 9.09. The summed E-state index contributed by atoms with van der Waals surface area (Å²) in [5.41, 5.74) is 4.09. The number of nitrogens with one attached hydrogen (secondary N) is 2. The van der Waals surface area contributed by atoms with E-state index in [0.717, 1.165) is 16.5 Å². The van der Waals surface area contributed by atoms with E-state index in [9.17, 15) is 9.59 Å². The Bertz CT molecular complexity index is 1190. The van der Waals surface area contributed by atoms with Gasteiger partial charge in [0.15, 0.2) is 0 Å². The predicted octanol–water partition coefficient (Wildman–Crippen LogP) is 4.51. The van der Waals surface area contributed by atoms with Crippen LogP contribution in [0.5, 0.6) is 0 Å². The molecule has 142 valence electrons. The number of fused-ring (bicyclic) bond motifs is 1. The van der Waals surface area contributed by atoms with Gasteiger partial charge in [0.2, 0.25) is 5.91 Å². The molecule has 0 unspecified atom stereocenters. The van der Waals surface area contributed by atoms with E-state index in [1.165, 1.54) is 6.92 Å². The maximum Gasteiger partial charge on any atom is 0.256 e. The molecular formula is C23H18N4O2. The molecule has 0 saturated carbocycles. The van der Waals surface area contributed by atoms with Crippen molar-refractivity contribution in [3.8, 4) is 11.3 Å². The summed E-state index contributed by atoms with van der Waals surface area (Å²) < 4.78 is 0. The number of hydrogen-bond donors (Lipinski definition) is 2. The van der Waals surface area contributed by atoms with E-state index in [4.69, 9.17) is 0 Å². The lowest BCUT2D eigenvalue weighted by Gasteiger charge is -2.11. The number of nitrogens with zero attached hydrogens (tertiary/aromatic N) is 2. The Kier molecular flexibility index (Phi) is 4.99. The second-order valence-electron chi connectivity index (χ2n) is 6.53. The number of para-hydroxylation sites is 1. The Morgan fingerprint density at radius 1 is 0.862 bits per heavy atom. The maximum atomic E-state index is 13.1. The zero-order chi connectivity index (χ0) is 20.2. The van der Waals surface area contributed by atoms with Crippen LogP contribution in [0.3, 0.4) is 0 Å². The molecule has 0 atom stereocenters. The smallest absolute Gasteiger partial charge is 0.256 e. The van der Waals surface area contributed by atoms with Gasteiger partial charge in [-0.1, -0.05) is 18.2 Å². The first-order chi connectivity index (χ1) is 14.1. The van der Waals surface area contributed by atoms with E-state index in [2.05, 4.69) is 20.6 Å². The summed E-state index contributed by atoms with van der Waals surface area (Å²) in [7, 11) is 0. The van der Waals surface area contributed by atoms with Crippen molar-refractivity contribution in [2.24, 2.45) is 0 Å². The van der Waals surface area contributed by atoms with Crippen molar-refractivity contribution < 1.29 is 9.59 Å². The Morgan fingerprint density at radius 3 is 2.28 bits per heavy atom. The molecule has 2 aromatic heterocycles. The van der Waals surface area contributed by atoms with Gasteiger partial charge in [0, 0.05) is 41.6 Å². The molecule has 0 aliphatic rings. The molecule has 2 N–H and O–H groups in total. The number of anilines is 2. The average Bonchev–Trinajstić information content (AvgIpc) is 2.74. The average molecular weight is 382 g/mol. The van der Waals surface area contributed by atoms with Crippen molar-refractivity contribution in [1.29, 1.82) is 0 Å². The van der Waals surface area contributed by atoms with E-state index >= 15 is 0 Å². The third kappa shape index (κ3) is 4.11. The van der Waals surface area contributed by atoms with Gasteiger partial charge in [-0.3, -0.25) is 14.6 Å². The fourth-order valence-corrected chi connectivity index (χ4v) is 3.06. The van der Waals surface area contributed by atoms with Crippen molar-refractivity contribution in [2.45, 2.75) is 6.92 Å². The zero-order valence-corrected chi connectivity index (χ0v) is 15.7. The van der Waals surface area contributed by atoms with Crippen LogP contribution in [-0.4, -0.2) is 21.8 Å². The summed E-state index contributed by atoms with van der Waals surface area (Å²) in [6.45, 7) is 1.45. The zero-order valence-electron chi connectivity index (χ0n) is 15.7. The summed E-state index contributed by atoms with van der Waals surface area (Å²) in [6.07, 6.45) is 3.42. The second-order valence-corrected chi connectivity index (χ2v) is 6.53. The summed E-state index contributed by atoms with van der Waals surface area (Å²) in [4.78, 5) is 33.0. The Balaban J connectivity index is 1.69. The maximum absolute atomic E-state index is 13.1. The molecule has 0 saturated heterocycles. The number of benzene rings is 2. The molecule has 2 heterocycles. The molecule has 0 fully saturated rings. The van der Waals surface area contributed by atoms with E-state index < -0.39 is 0 Å². The highest BCUT2D eigenvalue weighted by Crippen LogP contribution is 2.25. The third-order valence-electron chi connectivity index (χ3n) is 4.38. The highest BCUT2D eigenvalue weighted by Gasteiger charge is 2.14. The summed E-state index contributed by atoms with van der Waals surface area (Å²) >= 11 is 0. The minimum absolute atomic E-state index is 0.145. The first kappa shape index (κ1) is 18.3. The van der Waals surface area contributed by atoms with Crippen molar-refractivity contribution in [1.82, 2.24) is 9.97 Å². The number of pyridine rings is 2. The first-order valence-corrected chi connectivity index (χ1v) is 9.09. The Morgan fingerprint density at radius 2 is 1.59 bits per heavy atom. The van der Waals surface area contributed by atoms with Gasteiger partial charge in [0.1, 0.15) is 0 Å². The lowest BCUT2D eigenvalue weighted by molar-refractivity contribution is -0.114. The van der Waals surface area contributed by atoms with Crippen molar-refractivity contribution in [2.75, 3.05) is 10.6 Å². The lowest BCUT2D eigenvalue weighted by atomic mass is 10.0. The number of rotatable bonds is 4. The number of carbonyl (C=O) groups excluding carboxylic acids is 2. The van der Waals surface area contributed by atoms with Gasteiger partial charge < -0.3 is 10.6 Å². The molecule has 0 radical (unpaired) electrons. The molecule has 4 rings (SSSR count). The molecule has 4 aromatic rings. The van der Waals surface area contributed by atoms with Gasteiger partial charge in [-0.25, -0.2) is 4.98 Å². The van der Waals surface area contributed by atoms with Gasteiger partial charge in [-0.2, -0.15) is 0 Å². The van der Waals surface area contributed by atoms with Crippen LogP contribution in [0.4, 0.5) is 11.4 Å². The van der Waals surface area contributed by atoms with Gasteiger partial charge in [-0.05, 0) is 48.5 Å². The van der Waals surface area contributed by atoms with Crippen LogP contribution in [0, 0.1) is 0 Å². The van der Waals surface area contributed by atoms with E-state index in [1.807, 2.05) is 36.4 Å². The van der Waals surface area contributed by atoms with E-state index in [0.29, 0.717) is 22.6 Å². The molecule has 0 spiro atoms.